The lowest BCUT2D eigenvalue weighted by molar-refractivity contribution is -0.140. The topological polar surface area (TPSA) is 128 Å². The van der Waals surface area contributed by atoms with Crippen LogP contribution in [0.4, 0.5) is 0 Å². The third-order valence-corrected chi connectivity index (χ3v) is 3.56. The van der Waals surface area contributed by atoms with Crippen LogP contribution in [0.1, 0.15) is 30.6 Å². The summed E-state index contributed by atoms with van der Waals surface area (Å²) in [7, 11) is 1.38. The molecule has 0 saturated carbocycles. The molecule has 0 aliphatic rings. The number of primary amides is 1. The third kappa shape index (κ3) is 5.15. The number of carboxylic acids is 1. The second-order valence-electron chi connectivity index (χ2n) is 5.30. The number of rotatable bonds is 9. The van der Waals surface area contributed by atoms with E-state index in [1.165, 1.54) is 25.3 Å². The fourth-order valence-electron chi connectivity index (χ4n) is 1.98. The predicted molar refractivity (Wildman–Crippen MR) is 86.0 cm³/mol. The highest BCUT2D eigenvalue weighted by atomic mass is 16.5. The first-order chi connectivity index (χ1) is 11.3. The van der Waals surface area contributed by atoms with Crippen LogP contribution in [0, 0.1) is 5.92 Å². The Hall–Kier alpha value is -2.77. The molecule has 4 N–H and O–H groups in total. The highest BCUT2D eigenvalue weighted by molar-refractivity contribution is 5.97. The number of benzene rings is 1. The molecule has 0 heterocycles. The van der Waals surface area contributed by atoms with Gasteiger partial charge in [-0.1, -0.05) is 20.3 Å². The monoisotopic (exact) mass is 338 g/mol. The second kappa shape index (κ2) is 8.76. The minimum Gasteiger partial charge on any atom is -0.493 e. The summed E-state index contributed by atoms with van der Waals surface area (Å²) >= 11 is 0. The van der Waals surface area contributed by atoms with Gasteiger partial charge in [-0.3, -0.25) is 9.59 Å². The summed E-state index contributed by atoms with van der Waals surface area (Å²) in [5.41, 5.74) is 5.23. The smallest absolute Gasteiger partial charge is 0.326 e. The quantitative estimate of drug-likeness (QED) is 0.610. The molecule has 2 atom stereocenters. The van der Waals surface area contributed by atoms with E-state index < -0.39 is 23.8 Å². The molecule has 0 saturated heterocycles. The molecule has 8 nitrogen and oxygen atoms in total. The van der Waals surface area contributed by atoms with E-state index in [1.807, 2.05) is 6.92 Å². The van der Waals surface area contributed by atoms with Gasteiger partial charge < -0.3 is 25.6 Å². The minimum atomic E-state index is -1.09. The van der Waals surface area contributed by atoms with E-state index in [-0.39, 0.29) is 29.6 Å². The average molecular weight is 338 g/mol. The van der Waals surface area contributed by atoms with Crippen molar-refractivity contribution in [1.29, 1.82) is 0 Å². The summed E-state index contributed by atoms with van der Waals surface area (Å²) in [5.74, 6) is -2.00. The van der Waals surface area contributed by atoms with Crippen LogP contribution in [0.5, 0.6) is 11.5 Å². The van der Waals surface area contributed by atoms with E-state index in [9.17, 15) is 19.5 Å². The lowest BCUT2D eigenvalue weighted by Gasteiger charge is -2.20. The molecule has 8 heteroatoms. The summed E-state index contributed by atoms with van der Waals surface area (Å²) in [5, 5.41) is 11.7. The van der Waals surface area contributed by atoms with Crippen LogP contribution in [0.25, 0.3) is 0 Å². The van der Waals surface area contributed by atoms with Gasteiger partial charge in [0.15, 0.2) is 18.1 Å². The molecule has 24 heavy (non-hydrogen) atoms. The van der Waals surface area contributed by atoms with Crippen molar-refractivity contribution in [2.45, 2.75) is 26.3 Å². The Balaban J connectivity index is 2.94. The largest absolute Gasteiger partial charge is 0.493 e. The zero-order valence-electron chi connectivity index (χ0n) is 13.9. The fraction of sp³-hybridized carbons (Fsp3) is 0.438. The van der Waals surface area contributed by atoms with Gasteiger partial charge >= 0.3 is 5.97 Å². The van der Waals surface area contributed by atoms with Crippen LogP contribution in [-0.4, -0.2) is 42.6 Å². The number of amides is 2. The van der Waals surface area contributed by atoms with Crippen LogP contribution in [0.3, 0.4) is 0 Å². The fourth-order valence-corrected chi connectivity index (χ4v) is 1.98. The van der Waals surface area contributed by atoms with Crippen molar-refractivity contribution in [1.82, 2.24) is 5.32 Å². The van der Waals surface area contributed by atoms with Crippen molar-refractivity contribution in [2.75, 3.05) is 13.7 Å². The Morgan fingerprint density at radius 3 is 2.46 bits per heavy atom. The van der Waals surface area contributed by atoms with Crippen molar-refractivity contribution >= 4 is 17.8 Å². The molecule has 1 rings (SSSR count). The normalized spacial score (nSPS) is 12.8. The Kier molecular flexibility index (Phi) is 7.03. The maximum Gasteiger partial charge on any atom is 0.326 e. The van der Waals surface area contributed by atoms with Gasteiger partial charge in [0.2, 0.25) is 0 Å². The maximum absolute atomic E-state index is 12.3. The highest BCUT2D eigenvalue weighted by Crippen LogP contribution is 2.28. The van der Waals surface area contributed by atoms with E-state index in [4.69, 9.17) is 15.2 Å². The molecule has 0 aromatic heterocycles. The van der Waals surface area contributed by atoms with Crippen molar-refractivity contribution in [3.05, 3.63) is 23.8 Å². The number of carbonyl (C=O) groups excluding carboxylic acids is 2. The van der Waals surface area contributed by atoms with Gasteiger partial charge in [0.1, 0.15) is 6.04 Å². The summed E-state index contributed by atoms with van der Waals surface area (Å²) in [6.07, 6.45) is 0.612. The molecular formula is C16H22N2O6. The van der Waals surface area contributed by atoms with E-state index in [0.29, 0.717) is 6.42 Å². The van der Waals surface area contributed by atoms with Crippen LogP contribution >= 0.6 is 0 Å². The molecule has 1 aromatic carbocycles. The Labute approximate surface area is 139 Å². The summed E-state index contributed by atoms with van der Waals surface area (Å²) in [6, 6.07) is 3.32. The maximum atomic E-state index is 12.3. The third-order valence-electron chi connectivity index (χ3n) is 3.56. The number of methoxy groups -OCH3 is 1. The Morgan fingerprint density at radius 2 is 1.96 bits per heavy atom. The molecule has 132 valence electrons. The zero-order valence-corrected chi connectivity index (χ0v) is 13.9. The Bertz CT molecular complexity index is 617. The van der Waals surface area contributed by atoms with Crippen LogP contribution in [0.2, 0.25) is 0 Å². The number of carboxylic acid groups (broad SMARTS) is 1. The number of hydrogen-bond donors (Lipinski definition) is 3. The molecule has 0 unspecified atom stereocenters. The van der Waals surface area contributed by atoms with Gasteiger partial charge in [-0.15, -0.1) is 0 Å². The number of nitrogens with one attached hydrogen (secondary N) is 1. The number of ether oxygens (including phenoxy) is 2. The second-order valence-corrected chi connectivity index (χ2v) is 5.30. The number of hydrogen-bond acceptors (Lipinski definition) is 5. The number of carbonyl (C=O) groups is 3. The molecule has 0 aliphatic carbocycles. The van der Waals surface area contributed by atoms with E-state index in [2.05, 4.69) is 5.32 Å². The minimum absolute atomic E-state index is 0.216. The van der Waals surface area contributed by atoms with Crippen molar-refractivity contribution in [2.24, 2.45) is 11.7 Å². The van der Waals surface area contributed by atoms with Gasteiger partial charge in [-0.2, -0.15) is 0 Å². The first-order valence-corrected chi connectivity index (χ1v) is 7.42. The van der Waals surface area contributed by atoms with Gasteiger partial charge in [0, 0.05) is 5.56 Å². The van der Waals surface area contributed by atoms with Gasteiger partial charge in [-0.05, 0) is 24.1 Å². The molecule has 0 radical (unpaired) electrons. The zero-order chi connectivity index (χ0) is 18.3. The van der Waals surface area contributed by atoms with Crippen molar-refractivity contribution < 1.29 is 29.0 Å². The first-order valence-electron chi connectivity index (χ1n) is 7.42. The average Bonchev–Trinajstić information content (AvgIpc) is 2.56. The summed E-state index contributed by atoms with van der Waals surface area (Å²) in [4.78, 5) is 34.3. The number of nitrogens with two attached hydrogens (primary N) is 1. The Morgan fingerprint density at radius 1 is 1.29 bits per heavy atom. The molecule has 0 bridgehead atoms. The summed E-state index contributed by atoms with van der Waals surface area (Å²) < 4.78 is 10.3. The first kappa shape index (κ1) is 19.3. The van der Waals surface area contributed by atoms with Crippen molar-refractivity contribution in [3.63, 3.8) is 0 Å². The molecular weight excluding hydrogens is 316 g/mol. The van der Waals surface area contributed by atoms with Gasteiger partial charge in [0.25, 0.3) is 11.8 Å². The summed E-state index contributed by atoms with van der Waals surface area (Å²) in [6.45, 7) is 3.28. The van der Waals surface area contributed by atoms with E-state index in [1.54, 1.807) is 6.92 Å². The molecule has 2 amide bonds. The van der Waals surface area contributed by atoms with Gasteiger partial charge in [-0.25, -0.2) is 4.79 Å². The lowest BCUT2D eigenvalue weighted by Crippen LogP contribution is -2.45. The highest BCUT2D eigenvalue weighted by Gasteiger charge is 2.26. The lowest BCUT2D eigenvalue weighted by atomic mass is 9.99. The predicted octanol–water partition coefficient (Wildman–Crippen LogP) is 0.788. The molecule has 0 aliphatic heterocycles. The van der Waals surface area contributed by atoms with Crippen LogP contribution < -0.4 is 20.5 Å². The number of aliphatic carboxylic acids is 1. The van der Waals surface area contributed by atoms with Gasteiger partial charge in [0.05, 0.1) is 7.11 Å². The van der Waals surface area contributed by atoms with Crippen LogP contribution in [0.15, 0.2) is 18.2 Å². The molecule has 0 spiro atoms. The van der Waals surface area contributed by atoms with E-state index in [0.717, 1.165) is 0 Å². The molecule has 1 aromatic rings. The van der Waals surface area contributed by atoms with E-state index >= 15 is 0 Å². The standard InChI is InChI=1S/C16H22N2O6/c1-4-9(2)14(16(21)22)18-15(20)10-5-6-11(12(7-10)23-3)24-8-13(17)19/h5-7,9,14H,4,8H2,1-3H3,(H2,17,19)(H,18,20)(H,21,22)/t9-,14-/m0/s1. The SMILES string of the molecule is CC[C@H](C)[C@H](NC(=O)c1ccc(OCC(N)=O)c(OC)c1)C(=O)O. The van der Waals surface area contributed by atoms with Crippen LogP contribution in [-0.2, 0) is 9.59 Å². The molecule has 0 fully saturated rings. The van der Waals surface area contributed by atoms with Crippen molar-refractivity contribution in [3.8, 4) is 11.5 Å².